The van der Waals surface area contributed by atoms with Crippen molar-refractivity contribution < 1.29 is 0 Å². The first-order valence-corrected chi connectivity index (χ1v) is 8.95. The van der Waals surface area contributed by atoms with Crippen LogP contribution in [0, 0.1) is 13.8 Å². The Balaban J connectivity index is 0.00000312. The van der Waals surface area contributed by atoms with Gasteiger partial charge in [-0.25, -0.2) is 4.98 Å². The fourth-order valence-corrected chi connectivity index (χ4v) is 3.19. The van der Waals surface area contributed by atoms with Crippen LogP contribution in [-0.4, -0.2) is 38.6 Å². The summed E-state index contributed by atoms with van der Waals surface area (Å²) in [7, 11) is 5.89. The number of guanidine groups is 1. The Bertz CT molecular complexity index is 660. The van der Waals surface area contributed by atoms with E-state index in [2.05, 4.69) is 63.6 Å². The van der Waals surface area contributed by atoms with E-state index in [-0.39, 0.29) is 24.0 Å². The van der Waals surface area contributed by atoms with E-state index < -0.39 is 0 Å². The average Bonchev–Trinajstić information content (AvgIpc) is 2.89. The second-order valence-electron chi connectivity index (χ2n) is 5.91. The highest BCUT2D eigenvalue weighted by Crippen LogP contribution is 2.16. The van der Waals surface area contributed by atoms with Crippen LogP contribution in [0.25, 0.3) is 0 Å². The molecule has 0 spiro atoms. The lowest BCUT2D eigenvalue weighted by atomic mass is 10.2. The molecule has 138 valence electrons. The summed E-state index contributed by atoms with van der Waals surface area (Å²) < 4.78 is 0. The number of anilines is 1. The molecule has 1 aromatic carbocycles. The molecule has 5 nitrogen and oxygen atoms in total. The third-order valence-corrected chi connectivity index (χ3v) is 4.97. The maximum atomic E-state index is 4.56. The summed E-state index contributed by atoms with van der Waals surface area (Å²) >= 11 is 1.77. The number of rotatable bonds is 6. The molecule has 0 unspecified atom stereocenters. The SMILES string of the molecule is CN=C(NCCc1nc(C)c(C)s1)NCc1ccc(N(C)C)cc1.I. The van der Waals surface area contributed by atoms with Crippen molar-refractivity contribution in [2.45, 2.75) is 26.8 Å². The third-order valence-electron chi connectivity index (χ3n) is 3.84. The Morgan fingerprint density at radius 3 is 2.36 bits per heavy atom. The Kier molecular flexibility index (Phi) is 9.20. The number of aryl methyl sites for hydroxylation is 2. The molecule has 7 heteroatoms. The van der Waals surface area contributed by atoms with Gasteiger partial charge in [0.2, 0.25) is 0 Å². The van der Waals surface area contributed by atoms with Gasteiger partial charge in [-0.05, 0) is 31.5 Å². The van der Waals surface area contributed by atoms with Gasteiger partial charge in [-0.2, -0.15) is 0 Å². The van der Waals surface area contributed by atoms with Gasteiger partial charge in [-0.1, -0.05) is 12.1 Å². The number of aliphatic imine (C=N–C) groups is 1. The molecule has 0 aliphatic rings. The largest absolute Gasteiger partial charge is 0.378 e. The smallest absolute Gasteiger partial charge is 0.191 e. The zero-order valence-electron chi connectivity index (χ0n) is 15.6. The van der Waals surface area contributed by atoms with Crippen molar-refractivity contribution in [1.29, 1.82) is 0 Å². The van der Waals surface area contributed by atoms with Gasteiger partial charge in [0.25, 0.3) is 0 Å². The molecule has 1 heterocycles. The maximum absolute atomic E-state index is 4.56. The molecule has 0 aliphatic carbocycles. The van der Waals surface area contributed by atoms with Crippen molar-refractivity contribution in [2.24, 2.45) is 4.99 Å². The minimum absolute atomic E-state index is 0. The van der Waals surface area contributed by atoms with Crippen LogP contribution >= 0.6 is 35.3 Å². The van der Waals surface area contributed by atoms with E-state index in [1.807, 2.05) is 14.1 Å². The molecule has 2 aromatic rings. The molecule has 0 bridgehead atoms. The summed E-state index contributed by atoms with van der Waals surface area (Å²) in [5.74, 6) is 0.816. The molecule has 0 saturated heterocycles. The van der Waals surface area contributed by atoms with E-state index >= 15 is 0 Å². The van der Waals surface area contributed by atoms with Gasteiger partial charge in [0.05, 0.1) is 10.7 Å². The molecule has 0 saturated carbocycles. The Labute approximate surface area is 172 Å². The van der Waals surface area contributed by atoms with Gasteiger partial charge in [0.1, 0.15) is 0 Å². The fourth-order valence-electron chi connectivity index (χ4n) is 2.25. The molecule has 2 N–H and O–H groups in total. The Morgan fingerprint density at radius 2 is 1.84 bits per heavy atom. The second-order valence-corrected chi connectivity index (χ2v) is 7.20. The van der Waals surface area contributed by atoms with Gasteiger partial charge >= 0.3 is 0 Å². The molecule has 0 aliphatic heterocycles. The number of aromatic nitrogens is 1. The Morgan fingerprint density at radius 1 is 1.16 bits per heavy atom. The monoisotopic (exact) mass is 473 g/mol. The second kappa shape index (κ2) is 10.6. The van der Waals surface area contributed by atoms with Gasteiger partial charge < -0.3 is 15.5 Å². The molecule has 0 amide bonds. The van der Waals surface area contributed by atoms with Crippen molar-refractivity contribution in [2.75, 3.05) is 32.6 Å². The molecule has 0 radical (unpaired) electrons. The first kappa shape index (κ1) is 21.7. The van der Waals surface area contributed by atoms with Crippen molar-refractivity contribution >= 4 is 47.0 Å². The summed E-state index contributed by atoms with van der Waals surface area (Å²) in [5, 5.41) is 7.86. The molecule has 0 atom stereocenters. The van der Waals surface area contributed by atoms with Crippen molar-refractivity contribution in [1.82, 2.24) is 15.6 Å². The highest BCUT2D eigenvalue weighted by molar-refractivity contribution is 14.0. The number of thiazole rings is 1. The predicted octanol–water partition coefficient (Wildman–Crippen LogP) is 3.35. The minimum Gasteiger partial charge on any atom is -0.378 e. The molecular formula is C18H28IN5S. The van der Waals surface area contributed by atoms with Crippen molar-refractivity contribution in [3.8, 4) is 0 Å². The lowest BCUT2D eigenvalue weighted by Crippen LogP contribution is -2.37. The maximum Gasteiger partial charge on any atom is 0.191 e. The van der Waals surface area contributed by atoms with E-state index in [0.717, 1.165) is 31.2 Å². The summed E-state index contributed by atoms with van der Waals surface area (Å²) in [6.07, 6.45) is 0.914. The van der Waals surface area contributed by atoms with E-state index in [9.17, 15) is 0 Å². The summed E-state index contributed by atoms with van der Waals surface area (Å²) in [6.45, 7) is 5.76. The van der Waals surface area contributed by atoms with Crippen molar-refractivity contribution in [3.05, 3.63) is 45.4 Å². The quantitative estimate of drug-likeness (QED) is 0.384. The topological polar surface area (TPSA) is 52.6 Å². The van der Waals surface area contributed by atoms with Crippen LogP contribution in [0.5, 0.6) is 0 Å². The van der Waals surface area contributed by atoms with Gasteiger partial charge in [-0.15, -0.1) is 35.3 Å². The summed E-state index contributed by atoms with van der Waals surface area (Å²) in [4.78, 5) is 12.2. The number of hydrogen-bond acceptors (Lipinski definition) is 4. The van der Waals surface area contributed by atoms with Gasteiger partial charge in [-0.3, -0.25) is 4.99 Å². The van der Waals surface area contributed by atoms with E-state index in [0.29, 0.717) is 0 Å². The van der Waals surface area contributed by atoms with Gasteiger partial charge in [0.15, 0.2) is 5.96 Å². The summed E-state index contributed by atoms with van der Waals surface area (Å²) in [6, 6.07) is 8.52. The van der Waals surface area contributed by atoms with Crippen LogP contribution in [0.15, 0.2) is 29.3 Å². The standard InChI is InChI=1S/C18H27N5S.HI/c1-13-14(2)24-17(22-13)10-11-20-18(19-3)21-12-15-6-8-16(9-7-15)23(4)5;/h6-9H,10-12H2,1-5H3,(H2,19,20,21);1H. The highest BCUT2D eigenvalue weighted by Gasteiger charge is 2.04. The molecule has 1 aromatic heterocycles. The van der Waals surface area contributed by atoms with Gasteiger partial charge in [0, 0.05) is 51.2 Å². The fraction of sp³-hybridized carbons (Fsp3) is 0.444. The number of hydrogen-bond donors (Lipinski definition) is 2. The van der Waals surface area contributed by atoms with E-state index in [1.165, 1.54) is 21.1 Å². The molecule has 25 heavy (non-hydrogen) atoms. The number of benzene rings is 1. The van der Waals surface area contributed by atoms with Crippen LogP contribution in [0.3, 0.4) is 0 Å². The highest BCUT2D eigenvalue weighted by atomic mass is 127. The van der Waals surface area contributed by atoms with Crippen LogP contribution in [0.4, 0.5) is 5.69 Å². The van der Waals surface area contributed by atoms with Crippen molar-refractivity contribution in [3.63, 3.8) is 0 Å². The lowest BCUT2D eigenvalue weighted by molar-refractivity contribution is 0.791. The minimum atomic E-state index is 0. The number of nitrogens with one attached hydrogen (secondary N) is 2. The normalized spacial score (nSPS) is 11.0. The average molecular weight is 473 g/mol. The number of nitrogens with zero attached hydrogens (tertiary/aromatic N) is 3. The third kappa shape index (κ3) is 6.81. The van der Waals surface area contributed by atoms with Crippen LogP contribution in [0.2, 0.25) is 0 Å². The molecular weight excluding hydrogens is 445 g/mol. The number of halogens is 1. The van der Waals surface area contributed by atoms with Crippen LogP contribution in [0.1, 0.15) is 21.1 Å². The lowest BCUT2D eigenvalue weighted by Gasteiger charge is -2.14. The molecule has 0 fully saturated rings. The molecule has 2 rings (SSSR count). The van der Waals surface area contributed by atoms with E-state index in [1.54, 1.807) is 18.4 Å². The van der Waals surface area contributed by atoms with E-state index in [4.69, 9.17) is 0 Å². The predicted molar refractivity (Wildman–Crippen MR) is 120 cm³/mol. The summed E-state index contributed by atoms with van der Waals surface area (Å²) in [5.41, 5.74) is 3.57. The zero-order chi connectivity index (χ0) is 17.5. The zero-order valence-corrected chi connectivity index (χ0v) is 18.7. The van der Waals surface area contributed by atoms with Crippen LogP contribution in [-0.2, 0) is 13.0 Å². The first-order chi connectivity index (χ1) is 11.5. The first-order valence-electron chi connectivity index (χ1n) is 8.13. The Hall–Kier alpha value is -1.35. The van der Waals surface area contributed by atoms with Crippen LogP contribution < -0.4 is 15.5 Å².